The molecule has 2 heterocycles. The number of thiazole rings is 1. The van der Waals surface area contributed by atoms with Crippen LogP contribution in [0.15, 0.2) is 6.20 Å². The summed E-state index contributed by atoms with van der Waals surface area (Å²) >= 11 is 1.76. The molecule has 90 valence electrons. The number of ether oxygens (including phenoxy) is 1. The first-order chi connectivity index (χ1) is 7.49. The standard InChI is InChI=1S/C12H20N2OS/c1-8-7-13-11(16-8)12(3,4)14-10-5-6-15-9(10)2/h7,9-10,14H,5-6H2,1-4H3. The van der Waals surface area contributed by atoms with Gasteiger partial charge in [0.05, 0.1) is 11.6 Å². The first-order valence-corrected chi connectivity index (χ1v) is 6.63. The molecule has 2 unspecified atom stereocenters. The second-order valence-corrected chi connectivity index (χ2v) is 6.25. The van der Waals surface area contributed by atoms with Gasteiger partial charge in [0, 0.05) is 23.7 Å². The Morgan fingerprint density at radius 1 is 1.56 bits per heavy atom. The topological polar surface area (TPSA) is 34.2 Å². The Morgan fingerprint density at radius 3 is 2.81 bits per heavy atom. The second kappa shape index (κ2) is 4.43. The summed E-state index contributed by atoms with van der Waals surface area (Å²) in [5, 5.41) is 4.81. The van der Waals surface area contributed by atoms with E-state index in [0.29, 0.717) is 12.1 Å². The lowest BCUT2D eigenvalue weighted by atomic mass is 10.0. The summed E-state index contributed by atoms with van der Waals surface area (Å²) in [6.07, 6.45) is 3.34. The minimum absolute atomic E-state index is 0.0639. The van der Waals surface area contributed by atoms with Crippen molar-refractivity contribution in [3.8, 4) is 0 Å². The van der Waals surface area contributed by atoms with Crippen LogP contribution in [0.5, 0.6) is 0 Å². The molecule has 1 aliphatic heterocycles. The number of nitrogens with one attached hydrogen (secondary N) is 1. The summed E-state index contributed by atoms with van der Waals surface area (Å²) in [4.78, 5) is 5.73. The molecule has 4 heteroatoms. The first-order valence-electron chi connectivity index (χ1n) is 5.81. The lowest BCUT2D eigenvalue weighted by Gasteiger charge is -2.29. The maximum atomic E-state index is 5.57. The fourth-order valence-electron chi connectivity index (χ4n) is 2.09. The third kappa shape index (κ3) is 2.44. The van der Waals surface area contributed by atoms with Gasteiger partial charge in [0.2, 0.25) is 0 Å². The van der Waals surface area contributed by atoms with Gasteiger partial charge in [-0.25, -0.2) is 4.98 Å². The first kappa shape index (κ1) is 12.0. The van der Waals surface area contributed by atoms with E-state index < -0.39 is 0 Å². The number of hydrogen-bond acceptors (Lipinski definition) is 4. The van der Waals surface area contributed by atoms with Crippen LogP contribution < -0.4 is 5.32 Å². The van der Waals surface area contributed by atoms with Crippen LogP contribution in [0.25, 0.3) is 0 Å². The summed E-state index contributed by atoms with van der Waals surface area (Å²) in [5.41, 5.74) is -0.0639. The Kier molecular flexibility index (Phi) is 3.33. The van der Waals surface area contributed by atoms with Crippen molar-refractivity contribution in [2.24, 2.45) is 0 Å². The summed E-state index contributed by atoms with van der Waals surface area (Å²) in [6.45, 7) is 9.48. The maximum Gasteiger partial charge on any atom is 0.112 e. The monoisotopic (exact) mass is 240 g/mol. The van der Waals surface area contributed by atoms with Crippen LogP contribution >= 0.6 is 11.3 Å². The molecule has 2 rings (SSSR count). The Hall–Kier alpha value is -0.450. The van der Waals surface area contributed by atoms with E-state index in [2.05, 4.69) is 38.0 Å². The van der Waals surface area contributed by atoms with Crippen LogP contribution in [0.2, 0.25) is 0 Å². The predicted molar refractivity (Wildman–Crippen MR) is 66.8 cm³/mol. The van der Waals surface area contributed by atoms with Crippen molar-refractivity contribution in [2.45, 2.75) is 51.8 Å². The zero-order chi connectivity index (χ0) is 11.8. The SMILES string of the molecule is Cc1cnc(C(C)(C)NC2CCOC2C)s1. The van der Waals surface area contributed by atoms with E-state index in [0.717, 1.165) is 18.0 Å². The van der Waals surface area contributed by atoms with Gasteiger partial charge >= 0.3 is 0 Å². The van der Waals surface area contributed by atoms with Crippen molar-refractivity contribution in [1.29, 1.82) is 0 Å². The van der Waals surface area contributed by atoms with Gasteiger partial charge in [-0.1, -0.05) is 0 Å². The van der Waals surface area contributed by atoms with E-state index in [1.807, 2.05) is 6.20 Å². The van der Waals surface area contributed by atoms with Crippen LogP contribution in [-0.2, 0) is 10.3 Å². The Bertz CT molecular complexity index is 362. The smallest absolute Gasteiger partial charge is 0.112 e. The molecule has 1 N–H and O–H groups in total. The summed E-state index contributed by atoms with van der Waals surface area (Å²) in [7, 11) is 0. The molecule has 1 aromatic rings. The lowest BCUT2D eigenvalue weighted by molar-refractivity contribution is 0.106. The fourth-order valence-corrected chi connectivity index (χ4v) is 2.92. The van der Waals surface area contributed by atoms with Gasteiger partial charge in [0.15, 0.2) is 0 Å². The van der Waals surface area contributed by atoms with Crippen molar-refractivity contribution >= 4 is 11.3 Å². The summed E-state index contributed by atoms with van der Waals surface area (Å²) < 4.78 is 5.57. The lowest BCUT2D eigenvalue weighted by Crippen LogP contribution is -2.46. The van der Waals surface area contributed by atoms with E-state index in [1.165, 1.54) is 4.88 Å². The summed E-state index contributed by atoms with van der Waals surface area (Å²) in [5.74, 6) is 0. The molecule has 0 bridgehead atoms. The predicted octanol–water partition coefficient (Wildman–Crippen LogP) is 2.45. The molecule has 0 saturated carbocycles. The van der Waals surface area contributed by atoms with Crippen molar-refractivity contribution < 1.29 is 4.74 Å². The number of aromatic nitrogens is 1. The minimum Gasteiger partial charge on any atom is -0.377 e. The van der Waals surface area contributed by atoms with Crippen molar-refractivity contribution in [1.82, 2.24) is 10.3 Å². The van der Waals surface area contributed by atoms with Crippen LogP contribution in [0.4, 0.5) is 0 Å². The quantitative estimate of drug-likeness (QED) is 0.881. The molecule has 0 aliphatic carbocycles. The molecule has 1 aliphatic rings. The van der Waals surface area contributed by atoms with E-state index in [4.69, 9.17) is 4.74 Å². The molecule has 2 atom stereocenters. The van der Waals surface area contributed by atoms with Crippen LogP contribution in [0.1, 0.15) is 37.1 Å². The van der Waals surface area contributed by atoms with Gasteiger partial charge in [0.25, 0.3) is 0 Å². The molecule has 1 fully saturated rings. The van der Waals surface area contributed by atoms with Gasteiger partial charge in [-0.3, -0.25) is 0 Å². The minimum atomic E-state index is -0.0639. The number of rotatable bonds is 3. The van der Waals surface area contributed by atoms with Gasteiger partial charge < -0.3 is 10.1 Å². The third-order valence-corrected chi connectivity index (χ3v) is 4.31. The fraction of sp³-hybridized carbons (Fsp3) is 0.750. The maximum absolute atomic E-state index is 5.57. The van der Waals surface area contributed by atoms with Gasteiger partial charge in [-0.05, 0) is 34.1 Å². The third-order valence-electron chi connectivity index (χ3n) is 3.08. The molecule has 16 heavy (non-hydrogen) atoms. The van der Waals surface area contributed by atoms with E-state index in [9.17, 15) is 0 Å². The normalized spacial score (nSPS) is 26.2. The number of nitrogens with zero attached hydrogens (tertiary/aromatic N) is 1. The van der Waals surface area contributed by atoms with Gasteiger partial charge in [-0.2, -0.15) is 0 Å². The van der Waals surface area contributed by atoms with Crippen molar-refractivity contribution in [3.05, 3.63) is 16.1 Å². The molecular formula is C12H20N2OS. The van der Waals surface area contributed by atoms with E-state index >= 15 is 0 Å². The zero-order valence-corrected chi connectivity index (χ0v) is 11.2. The van der Waals surface area contributed by atoms with E-state index in [-0.39, 0.29) is 5.54 Å². The molecular weight excluding hydrogens is 220 g/mol. The molecule has 1 aromatic heterocycles. The van der Waals surface area contributed by atoms with Gasteiger partial charge in [-0.15, -0.1) is 11.3 Å². The molecule has 3 nitrogen and oxygen atoms in total. The van der Waals surface area contributed by atoms with Crippen LogP contribution in [-0.4, -0.2) is 23.7 Å². The van der Waals surface area contributed by atoms with Crippen molar-refractivity contribution in [2.75, 3.05) is 6.61 Å². The highest BCUT2D eigenvalue weighted by Crippen LogP contribution is 2.27. The zero-order valence-electron chi connectivity index (χ0n) is 10.4. The van der Waals surface area contributed by atoms with Crippen LogP contribution in [0.3, 0.4) is 0 Å². The Balaban J connectivity index is 2.07. The summed E-state index contributed by atoms with van der Waals surface area (Å²) in [6, 6.07) is 0.444. The highest BCUT2D eigenvalue weighted by Gasteiger charge is 2.32. The highest BCUT2D eigenvalue weighted by molar-refractivity contribution is 7.11. The Morgan fingerprint density at radius 2 is 2.31 bits per heavy atom. The van der Waals surface area contributed by atoms with E-state index in [1.54, 1.807) is 11.3 Å². The molecule has 0 spiro atoms. The second-order valence-electron chi connectivity index (χ2n) is 5.02. The molecule has 0 aromatic carbocycles. The average molecular weight is 240 g/mol. The molecule has 1 saturated heterocycles. The largest absolute Gasteiger partial charge is 0.377 e. The van der Waals surface area contributed by atoms with Crippen molar-refractivity contribution in [3.63, 3.8) is 0 Å². The molecule has 0 radical (unpaired) electrons. The highest BCUT2D eigenvalue weighted by atomic mass is 32.1. The van der Waals surface area contributed by atoms with Crippen LogP contribution in [0, 0.1) is 6.92 Å². The average Bonchev–Trinajstić information content (AvgIpc) is 2.77. The Labute approximate surface area is 101 Å². The number of aryl methyl sites for hydroxylation is 1. The molecule has 0 amide bonds. The van der Waals surface area contributed by atoms with Gasteiger partial charge in [0.1, 0.15) is 5.01 Å². The number of hydrogen-bond donors (Lipinski definition) is 1.